The van der Waals surface area contributed by atoms with Crippen molar-refractivity contribution in [3.63, 3.8) is 0 Å². The molecular formula is C27H33N3O2S. The first kappa shape index (κ1) is 23.6. The highest BCUT2D eigenvalue weighted by molar-refractivity contribution is 8.04. The Bertz CT molecular complexity index is 997. The first-order valence-electron chi connectivity index (χ1n) is 11.8. The summed E-state index contributed by atoms with van der Waals surface area (Å²) in [7, 11) is 0. The van der Waals surface area contributed by atoms with Crippen LogP contribution in [0.2, 0.25) is 0 Å². The van der Waals surface area contributed by atoms with Crippen molar-refractivity contribution in [3.8, 4) is 0 Å². The first-order chi connectivity index (χ1) is 16.0. The molecule has 0 radical (unpaired) electrons. The normalized spacial score (nSPS) is 22.3. The molecule has 2 aromatic rings. The number of amides is 2. The van der Waals surface area contributed by atoms with E-state index in [1.165, 1.54) is 18.2 Å². The van der Waals surface area contributed by atoms with Crippen molar-refractivity contribution in [2.75, 3.05) is 37.6 Å². The van der Waals surface area contributed by atoms with Crippen molar-refractivity contribution in [2.45, 2.75) is 31.6 Å². The maximum Gasteiger partial charge on any atom is 0.265 e. The van der Waals surface area contributed by atoms with Crippen molar-refractivity contribution in [2.24, 2.45) is 11.8 Å². The number of carbonyl (C=O) groups excluding carboxylic acids is 2. The Morgan fingerprint density at radius 1 is 1.06 bits per heavy atom. The third-order valence-corrected chi connectivity index (χ3v) is 7.23. The minimum Gasteiger partial charge on any atom is -0.355 e. The molecule has 2 amide bonds. The molecule has 0 bridgehead atoms. The highest BCUT2D eigenvalue weighted by Crippen LogP contribution is 2.41. The summed E-state index contributed by atoms with van der Waals surface area (Å²) < 4.78 is 0. The van der Waals surface area contributed by atoms with E-state index in [9.17, 15) is 9.59 Å². The molecule has 2 heterocycles. The number of likely N-dealkylation sites (tertiary alicyclic amines) is 1. The van der Waals surface area contributed by atoms with E-state index in [-0.39, 0.29) is 18.4 Å². The number of thioether (sulfide) groups is 1. The molecule has 1 N–H and O–H groups in total. The molecule has 6 heteroatoms. The second-order valence-corrected chi connectivity index (χ2v) is 10.4. The molecule has 2 aliphatic heterocycles. The van der Waals surface area contributed by atoms with Gasteiger partial charge in [0.2, 0.25) is 5.91 Å². The van der Waals surface area contributed by atoms with Crippen LogP contribution in [0.3, 0.4) is 0 Å². The highest BCUT2D eigenvalue weighted by Gasteiger charge is 2.30. The van der Waals surface area contributed by atoms with Gasteiger partial charge in [0.25, 0.3) is 5.91 Å². The van der Waals surface area contributed by atoms with Crippen molar-refractivity contribution in [3.05, 3.63) is 65.1 Å². The van der Waals surface area contributed by atoms with Gasteiger partial charge in [0.05, 0.1) is 10.6 Å². The van der Waals surface area contributed by atoms with E-state index in [4.69, 9.17) is 0 Å². The lowest BCUT2D eigenvalue weighted by molar-refractivity contribution is -0.122. The Morgan fingerprint density at radius 2 is 1.76 bits per heavy atom. The lowest BCUT2D eigenvalue weighted by Crippen LogP contribution is -2.43. The maximum absolute atomic E-state index is 13.3. The zero-order chi connectivity index (χ0) is 23.2. The zero-order valence-corrected chi connectivity index (χ0v) is 20.3. The van der Waals surface area contributed by atoms with Crippen LogP contribution in [0.4, 0.5) is 5.69 Å². The number of benzene rings is 2. The molecule has 33 heavy (non-hydrogen) atoms. The van der Waals surface area contributed by atoms with E-state index in [0.717, 1.165) is 54.0 Å². The monoisotopic (exact) mass is 463 g/mol. The van der Waals surface area contributed by atoms with E-state index in [0.29, 0.717) is 11.4 Å². The van der Waals surface area contributed by atoms with Crippen molar-refractivity contribution < 1.29 is 9.59 Å². The molecule has 1 fully saturated rings. The Hall–Kier alpha value is -2.57. The van der Waals surface area contributed by atoms with Crippen molar-refractivity contribution in [1.82, 2.24) is 10.2 Å². The van der Waals surface area contributed by atoms with Gasteiger partial charge in [0.1, 0.15) is 6.54 Å². The van der Waals surface area contributed by atoms with E-state index >= 15 is 0 Å². The van der Waals surface area contributed by atoms with E-state index in [1.54, 1.807) is 4.90 Å². The molecular weight excluding hydrogens is 430 g/mol. The molecule has 2 aromatic carbocycles. The van der Waals surface area contributed by atoms with Crippen LogP contribution in [-0.2, 0) is 9.59 Å². The molecule has 1 saturated heterocycles. The van der Waals surface area contributed by atoms with Gasteiger partial charge in [0, 0.05) is 24.5 Å². The Balaban J connectivity index is 1.36. The smallest absolute Gasteiger partial charge is 0.265 e. The minimum atomic E-state index is -0.131. The second kappa shape index (κ2) is 11.0. The number of fused-ring (bicyclic) bond motifs is 1. The number of nitrogens with zero attached hydrogens (tertiary/aromatic N) is 2. The third-order valence-electron chi connectivity index (χ3n) is 6.15. The molecule has 0 spiro atoms. The van der Waals surface area contributed by atoms with E-state index in [1.807, 2.05) is 60.7 Å². The Morgan fingerprint density at radius 3 is 2.52 bits per heavy atom. The Labute approximate surface area is 201 Å². The summed E-state index contributed by atoms with van der Waals surface area (Å²) in [6, 6.07) is 17.6. The van der Waals surface area contributed by atoms with Crippen LogP contribution in [0.15, 0.2) is 64.4 Å². The van der Waals surface area contributed by atoms with Crippen LogP contribution >= 0.6 is 11.8 Å². The van der Waals surface area contributed by atoms with Gasteiger partial charge in [-0.3, -0.25) is 14.5 Å². The van der Waals surface area contributed by atoms with Crippen LogP contribution < -0.4 is 10.2 Å². The molecule has 0 aromatic heterocycles. The van der Waals surface area contributed by atoms with Gasteiger partial charge in [-0.15, -0.1) is 0 Å². The fourth-order valence-electron chi connectivity index (χ4n) is 4.82. The highest BCUT2D eigenvalue weighted by atomic mass is 32.2. The molecule has 0 aliphatic carbocycles. The minimum absolute atomic E-state index is 0.0281. The summed E-state index contributed by atoms with van der Waals surface area (Å²) in [6.45, 7) is 8.58. The summed E-state index contributed by atoms with van der Waals surface area (Å²) in [6.07, 6.45) is 4.12. The number of hydrogen-bond acceptors (Lipinski definition) is 4. The summed E-state index contributed by atoms with van der Waals surface area (Å²) in [4.78, 5) is 31.7. The van der Waals surface area contributed by atoms with Gasteiger partial charge in [-0.1, -0.05) is 68.1 Å². The summed E-state index contributed by atoms with van der Waals surface area (Å²) >= 11 is 1.46. The zero-order valence-electron chi connectivity index (χ0n) is 19.5. The number of nitrogens with one attached hydrogen (secondary N) is 1. The number of para-hydroxylation sites is 1. The van der Waals surface area contributed by atoms with Crippen molar-refractivity contribution in [1.29, 1.82) is 0 Å². The quantitative estimate of drug-likeness (QED) is 0.480. The van der Waals surface area contributed by atoms with Crippen LogP contribution in [0, 0.1) is 11.8 Å². The van der Waals surface area contributed by atoms with Gasteiger partial charge in [-0.25, -0.2) is 0 Å². The van der Waals surface area contributed by atoms with Crippen molar-refractivity contribution >= 4 is 35.3 Å². The number of anilines is 1. The van der Waals surface area contributed by atoms with Gasteiger partial charge >= 0.3 is 0 Å². The predicted octanol–water partition coefficient (Wildman–Crippen LogP) is 4.65. The Kier molecular flexibility index (Phi) is 7.89. The fourth-order valence-corrected chi connectivity index (χ4v) is 5.88. The van der Waals surface area contributed by atoms with Gasteiger partial charge < -0.3 is 10.2 Å². The second-order valence-electron chi connectivity index (χ2n) is 9.29. The molecule has 2 aliphatic rings. The number of piperidine rings is 1. The molecule has 5 nitrogen and oxygen atoms in total. The average molecular weight is 464 g/mol. The first-order valence-corrected chi connectivity index (χ1v) is 12.7. The molecule has 0 saturated carbocycles. The molecule has 4 rings (SSSR count). The summed E-state index contributed by atoms with van der Waals surface area (Å²) in [5.41, 5.74) is 1.77. The predicted molar refractivity (Wildman–Crippen MR) is 136 cm³/mol. The molecule has 0 unspecified atom stereocenters. The largest absolute Gasteiger partial charge is 0.355 e. The number of rotatable bonds is 7. The average Bonchev–Trinajstić information content (AvgIpc) is 2.79. The molecule has 174 valence electrons. The summed E-state index contributed by atoms with van der Waals surface area (Å²) in [5.74, 6) is 1.23. The summed E-state index contributed by atoms with van der Waals surface area (Å²) in [5, 5.41) is 3.02. The molecule has 2 atom stereocenters. The topological polar surface area (TPSA) is 52.7 Å². The van der Waals surface area contributed by atoms with Gasteiger partial charge in [-0.05, 0) is 55.0 Å². The lowest BCUT2D eigenvalue weighted by atomic mass is 9.92. The van der Waals surface area contributed by atoms with E-state index < -0.39 is 0 Å². The SMILES string of the molecule is C[C@@H]1C[C@H](C)CN(CCCNC(=O)CN2C(=O)/C(=C/c3ccccc3)Sc3ccccc32)C1. The third kappa shape index (κ3) is 6.27. The van der Waals surface area contributed by atoms with E-state index in [2.05, 4.69) is 24.1 Å². The fraction of sp³-hybridized carbons (Fsp3) is 0.407. The number of carbonyl (C=O) groups is 2. The maximum atomic E-state index is 13.3. The van der Waals surface area contributed by atoms with Crippen LogP contribution in [0.5, 0.6) is 0 Å². The lowest BCUT2D eigenvalue weighted by Gasteiger charge is -2.35. The standard InChI is InChI=1S/C27H33N3O2S/c1-20-15-21(2)18-29(17-20)14-8-13-28-26(31)19-30-23-11-6-7-12-24(23)33-25(27(30)32)16-22-9-4-3-5-10-22/h3-7,9-12,16,20-21H,8,13-15,17-19H2,1-2H3,(H,28,31)/b25-16-/t20-,21+. The van der Waals surface area contributed by atoms with Crippen LogP contribution in [-0.4, -0.2) is 49.4 Å². The van der Waals surface area contributed by atoms with Crippen LogP contribution in [0.25, 0.3) is 6.08 Å². The van der Waals surface area contributed by atoms with Crippen LogP contribution in [0.1, 0.15) is 32.3 Å². The number of hydrogen-bond donors (Lipinski definition) is 1. The van der Waals surface area contributed by atoms with Gasteiger partial charge in [0.15, 0.2) is 0 Å². The van der Waals surface area contributed by atoms with Gasteiger partial charge in [-0.2, -0.15) is 0 Å².